The SMILES string of the molecule is CC1=Nc2ccc(OC=Cc3cccc4ccc5cc6ccccc6cc5c34)cc2C1(C)C. The van der Waals surface area contributed by atoms with Gasteiger partial charge < -0.3 is 4.74 Å². The molecule has 0 fully saturated rings. The maximum absolute atomic E-state index is 6.06. The van der Waals surface area contributed by atoms with Crippen LogP contribution in [0.15, 0.2) is 96.2 Å². The molecule has 2 heteroatoms. The molecule has 33 heavy (non-hydrogen) atoms. The number of fused-ring (bicyclic) bond motifs is 5. The van der Waals surface area contributed by atoms with Crippen molar-refractivity contribution >= 4 is 49.8 Å². The topological polar surface area (TPSA) is 21.6 Å². The molecule has 0 bridgehead atoms. The Bertz CT molecular complexity index is 1620. The Hall–Kier alpha value is -3.91. The Kier molecular flexibility index (Phi) is 4.38. The summed E-state index contributed by atoms with van der Waals surface area (Å²) in [6.45, 7) is 6.51. The molecule has 1 heterocycles. The molecule has 0 aromatic heterocycles. The van der Waals surface area contributed by atoms with Gasteiger partial charge in [-0.25, -0.2) is 0 Å². The Balaban J connectivity index is 1.39. The standard InChI is InChI=1S/C31H25NO/c1-20-31(2,3)28-19-26(13-14-29(28)32-20)33-16-15-22-10-6-9-21-11-12-25-17-23-7-4-5-8-24(23)18-27(25)30(21)22/h4-19H,1-3H3. The zero-order valence-electron chi connectivity index (χ0n) is 19.1. The van der Waals surface area contributed by atoms with E-state index >= 15 is 0 Å². The molecule has 2 nitrogen and oxygen atoms in total. The molecule has 0 spiro atoms. The van der Waals surface area contributed by atoms with Crippen LogP contribution >= 0.6 is 0 Å². The van der Waals surface area contributed by atoms with E-state index in [9.17, 15) is 0 Å². The first kappa shape index (κ1) is 19.8. The number of aliphatic imine (C=N–C) groups is 1. The van der Waals surface area contributed by atoms with Crippen LogP contribution in [0.5, 0.6) is 5.75 Å². The molecule has 0 saturated carbocycles. The van der Waals surface area contributed by atoms with E-state index < -0.39 is 0 Å². The molecule has 1 aliphatic heterocycles. The molecule has 0 N–H and O–H groups in total. The summed E-state index contributed by atoms with van der Waals surface area (Å²) in [7, 11) is 0. The van der Waals surface area contributed by atoms with E-state index in [0.29, 0.717) is 0 Å². The molecular weight excluding hydrogens is 402 g/mol. The molecule has 5 aromatic rings. The maximum Gasteiger partial charge on any atom is 0.126 e. The van der Waals surface area contributed by atoms with Gasteiger partial charge in [0, 0.05) is 11.1 Å². The van der Waals surface area contributed by atoms with Crippen LogP contribution in [0.1, 0.15) is 31.9 Å². The van der Waals surface area contributed by atoms with Gasteiger partial charge >= 0.3 is 0 Å². The van der Waals surface area contributed by atoms with Crippen molar-refractivity contribution in [1.82, 2.24) is 0 Å². The molecule has 0 atom stereocenters. The second-order valence-corrected chi connectivity index (χ2v) is 9.35. The van der Waals surface area contributed by atoms with Gasteiger partial charge in [-0.15, -0.1) is 0 Å². The normalized spacial score (nSPS) is 14.8. The summed E-state index contributed by atoms with van der Waals surface area (Å²) in [6, 6.07) is 30.1. The van der Waals surface area contributed by atoms with E-state index in [2.05, 4.69) is 99.6 Å². The summed E-state index contributed by atoms with van der Waals surface area (Å²) in [5, 5.41) is 7.51. The number of hydrogen-bond donors (Lipinski definition) is 0. The van der Waals surface area contributed by atoms with E-state index in [1.54, 1.807) is 6.26 Å². The van der Waals surface area contributed by atoms with Crippen molar-refractivity contribution in [3.05, 3.63) is 102 Å². The summed E-state index contributed by atoms with van der Waals surface area (Å²) in [6.07, 6.45) is 3.86. The highest BCUT2D eigenvalue weighted by atomic mass is 16.5. The highest BCUT2D eigenvalue weighted by molar-refractivity contribution is 6.14. The fourth-order valence-corrected chi connectivity index (χ4v) is 4.86. The predicted molar refractivity (Wildman–Crippen MR) is 141 cm³/mol. The fraction of sp³-hybridized carbons (Fsp3) is 0.129. The summed E-state index contributed by atoms with van der Waals surface area (Å²) < 4.78 is 6.06. The first-order chi connectivity index (χ1) is 16.0. The average molecular weight is 428 g/mol. The molecule has 0 aliphatic carbocycles. The number of ether oxygens (including phenoxy) is 1. The van der Waals surface area contributed by atoms with E-state index in [1.165, 1.54) is 37.9 Å². The molecule has 0 amide bonds. The smallest absolute Gasteiger partial charge is 0.126 e. The Morgan fingerprint density at radius 3 is 2.36 bits per heavy atom. The third-order valence-electron chi connectivity index (χ3n) is 7.04. The number of nitrogens with zero attached hydrogens (tertiary/aromatic N) is 1. The maximum atomic E-state index is 6.06. The predicted octanol–water partition coefficient (Wildman–Crippen LogP) is 8.58. The minimum absolute atomic E-state index is 0.0598. The number of rotatable bonds is 3. The molecule has 5 aromatic carbocycles. The molecule has 0 unspecified atom stereocenters. The highest BCUT2D eigenvalue weighted by Gasteiger charge is 2.32. The van der Waals surface area contributed by atoms with Crippen LogP contribution in [0.3, 0.4) is 0 Å². The van der Waals surface area contributed by atoms with Crippen LogP contribution in [0.2, 0.25) is 0 Å². The lowest BCUT2D eigenvalue weighted by atomic mass is 9.82. The van der Waals surface area contributed by atoms with Crippen LogP contribution in [0, 0.1) is 0 Å². The van der Waals surface area contributed by atoms with E-state index in [1.807, 2.05) is 12.1 Å². The fourth-order valence-electron chi connectivity index (χ4n) is 4.86. The van der Waals surface area contributed by atoms with Crippen LogP contribution < -0.4 is 4.74 Å². The van der Waals surface area contributed by atoms with Crippen molar-refractivity contribution in [2.45, 2.75) is 26.2 Å². The van der Waals surface area contributed by atoms with Crippen LogP contribution in [0.4, 0.5) is 5.69 Å². The lowest BCUT2D eigenvalue weighted by Gasteiger charge is -2.20. The second-order valence-electron chi connectivity index (χ2n) is 9.35. The summed E-state index contributed by atoms with van der Waals surface area (Å²) in [4.78, 5) is 4.70. The number of benzene rings is 5. The largest absolute Gasteiger partial charge is 0.465 e. The number of hydrogen-bond acceptors (Lipinski definition) is 2. The Morgan fingerprint density at radius 2 is 1.52 bits per heavy atom. The molecule has 0 radical (unpaired) electrons. The van der Waals surface area contributed by atoms with Crippen LogP contribution in [0.25, 0.3) is 38.4 Å². The minimum atomic E-state index is -0.0598. The average Bonchev–Trinajstić information content (AvgIpc) is 3.05. The van der Waals surface area contributed by atoms with Gasteiger partial charge in [-0.3, -0.25) is 4.99 Å². The van der Waals surface area contributed by atoms with Gasteiger partial charge in [0.15, 0.2) is 0 Å². The molecular formula is C31H25NO. The zero-order valence-corrected chi connectivity index (χ0v) is 19.1. The van der Waals surface area contributed by atoms with E-state index in [0.717, 1.165) is 22.7 Å². The first-order valence-electron chi connectivity index (χ1n) is 11.4. The Labute approximate surface area is 193 Å². The molecule has 0 saturated heterocycles. The van der Waals surface area contributed by atoms with Crippen molar-refractivity contribution in [2.75, 3.05) is 0 Å². The van der Waals surface area contributed by atoms with Crippen molar-refractivity contribution in [3.8, 4) is 5.75 Å². The quantitative estimate of drug-likeness (QED) is 0.160. The summed E-state index contributed by atoms with van der Waals surface area (Å²) in [5.41, 5.74) is 4.49. The van der Waals surface area contributed by atoms with Gasteiger partial charge in [0.1, 0.15) is 5.75 Å². The molecule has 1 aliphatic rings. The first-order valence-corrected chi connectivity index (χ1v) is 11.4. The van der Waals surface area contributed by atoms with Crippen molar-refractivity contribution in [2.24, 2.45) is 4.99 Å². The van der Waals surface area contributed by atoms with Crippen molar-refractivity contribution in [1.29, 1.82) is 0 Å². The highest BCUT2D eigenvalue weighted by Crippen LogP contribution is 2.41. The van der Waals surface area contributed by atoms with Gasteiger partial charge in [-0.1, -0.05) is 68.4 Å². The van der Waals surface area contributed by atoms with E-state index in [4.69, 9.17) is 9.73 Å². The summed E-state index contributed by atoms with van der Waals surface area (Å²) >= 11 is 0. The summed E-state index contributed by atoms with van der Waals surface area (Å²) in [5.74, 6) is 0.832. The monoisotopic (exact) mass is 427 g/mol. The van der Waals surface area contributed by atoms with Crippen LogP contribution in [-0.2, 0) is 5.41 Å². The van der Waals surface area contributed by atoms with Crippen molar-refractivity contribution < 1.29 is 4.74 Å². The van der Waals surface area contributed by atoms with Crippen LogP contribution in [-0.4, -0.2) is 5.71 Å². The minimum Gasteiger partial charge on any atom is -0.465 e. The lowest BCUT2D eigenvalue weighted by Crippen LogP contribution is -2.22. The van der Waals surface area contributed by atoms with Gasteiger partial charge in [0.05, 0.1) is 11.9 Å². The van der Waals surface area contributed by atoms with E-state index in [-0.39, 0.29) is 5.41 Å². The molecule has 6 rings (SSSR count). The lowest BCUT2D eigenvalue weighted by molar-refractivity contribution is 0.483. The third-order valence-corrected chi connectivity index (χ3v) is 7.04. The second kappa shape index (κ2) is 7.31. The van der Waals surface area contributed by atoms with Crippen molar-refractivity contribution in [3.63, 3.8) is 0 Å². The molecule has 160 valence electrons. The van der Waals surface area contributed by atoms with Gasteiger partial charge in [-0.05, 0) is 86.8 Å². The van der Waals surface area contributed by atoms with Gasteiger partial charge in [0.2, 0.25) is 0 Å². The third kappa shape index (κ3) is 3.22. The Morgan fingerprint density at radius 1 is 0.758 bits per heavy atom. The zero-order chi connectivity index (χ0) is 22.6. The van der Waals surface area contributed by atoms with Gasteiger partial charge in [0.25, 0.3) is 0 Å². The van der Waals surface area contributed by atoms with Gasteiger partial charge in [-0.2, -0.15) is 0 Å².